The van der Waals surface area contributed by atoms with Crippen molar-refractivity contribution in [1.82, 2.24) is 4.98 Å². The number of aromatic nitrogens is 1. The molecule has 0 fully saturated rings. The van der Waals surface area contributed by atoms with E-state index in [1.165, 1.54) is 0 Å². The van der Waals surface area contributed by atoms with Gasteiger partial charge in [0.1, 0.15) is 11.8 Å². The third kappa shape index (κ3) is 1.58. The molecule has 0 saturated carbocycles. The summed E-state index contributed by atoms with van der Waals surface area (Å²) in [5.74, 6) is 0. The lowest BCUT2D eigenvalue weighted by Crippen LogP contribution is -1.99. The van der Waals surface area contributed by atoms with Gasteiger partial charge >= 0.3 is 0 Å². The first-order valence-electron chi connectivity index (χ1n) is 3.33. The first kappa shape index (κ1) is 8.21. The third-order valence-electron chi connectivity index (χ3n) is 1.36. The largest absolute Gasteiger partial charge is 0.410 e. The highest BCUT2D eigenvalue weighted by Crippen LogP contribution is 1.99. The monoisotopic (exact) mass is 161 g/mol. The van der Waals surface area contributed by atoms with Crippen LogP contribution in [0.4, 0.5) is 0 Å². The van der Waals surface area contributed by atoms with Crippen LogP contribution in [0.5, 0.6) is 0 Å². The maximum atomic E-state index is 8.47. The molecule has 1 rings (SSSR count). The lowest BCUT2D eigenvalue weighted by Gasteiger charge is -1.94. The van der Waals surface area contributed by atoms with Crippen LogP contribution in [0.15, 0.2) is 23.5 Å². The van der Waals surface area contributed by atoms with Gasteiger partial charge in [0.15, 0.2) is 0 Å². The summed E-state index contributed by atoms with van der Waals surface area (Å²) >= 11 is 0. The molecule has 1 aromatic rings. The molecule has 60 valence electrons. The normalized spacial score (nSPS) is 10.8. The zero-order chi connectivity index (χ0) is 8.97. The molecular weight excluding hydrogens is 154 g/mol. The predicted molar refractivity (Wildman–Crippen MR) is 42.9 cm³/mol. The molecule has 0 amide bonds. The summed E-state index contributed by atoms with van der Waals surface area (Å²) in [5.41, 5.74) is 1.30. The molecule has 0 atom stereocenters. The molecule has 0 bridgehead atoms. The van der Waals surface area contributed by atoms with E-state index in [1.807, 2.05) is 6.92 Å². The number of aryl methyl sites for hydroxylation is 1. The third-order valence-corrected chi connectivity index (χ3v) is 1.36. The number of hydrogen-bond acceptors (Lipinski definition) is 4. The van der Waals surface area contributed by atoms with Crippen molar-refractivity contribution < 1.29 is 5.21 Å². The summed E-state index contributed by atoms with van der Waals surface area (Å²) in [6.07, 6.45) is 1.61. The number of hydrogen-bond donors (Lipinski definition) is 1. The zero-order valence-corrected chi connectivity index (χ0v) is 6.52. The van der Waals surface area contributed by atoms with Crippen molar-refractivity contribution in [3.05, 3.63) is 29.6 Å². The van der Waals surface area contributed by atoms with Crippen LogP contribution in [-0.4, -0.2) is 15.9 Å². The van der Waals surface area contributed by atoms with Gasteiger partial charge in [0.2, 0.25) is 5.71 Å². The Bertz CT molecular complexity index is 334. The Morgan fingerprint density at radius 1 is 1.67 bits per heavy atom. The van der Waals surface area contributed by atoms with E-state index in [1.54, 1.807) is 24.4 Å². The first-order chi connectivity index (χ1) is 5.77. The van der Waals surface area contributed by atoms with Crippen LogP contribution < -0.4 is 0 Å². The van der Waals surface area contributed by atoms with E-state index in [0.717, 1.165) is 5.56 Å². The fourth-order valence-electron chi connectivity index (χ4n) is 0.739. The number of pyridine rings is 1. The van der Waals surface area contributed by atoms with Crippen LogP contribution in [0.1, 0.15) is 11.3 Å². The van der Waals surface area contributed by atoms with E-state index >= 15 is 0 Å². The number of nitrogens with zero attached hydrogens (tertiary/aromatic N) is 3. The fraction of sp³-hybridized carbons (Fsp3) is 0.125. The van der Waals surface area contributed by atoms with Gasteiger partial charge < -0.3 is 5.21 Å². The molecule has 0 aliphatic carbocycles. The average molecular weight is 161 g/mol. The Labute approximate surface area is 69.8 Å². The van der Waals surface area contributed by atoms with Gasteiger partial charge in [-0.1, -0.05) is 11.2 Å². The smallest absolute Gasteiger partial charge is 0.205 e. The quantitative estimate of drug-likeness (QED) is 0.381. The molecule has 1 N–H and O–H groups in total. The van der Waals surface area contributed by atoms with E-state index in [9.17, 15) is 0 Å². The van der Waals surface area contributed by atoms with Crippen LogP contribution in [0.3, 0.4) is 0 Å². The molecule has 0 saturated heterocycles. The Morgan fingerprint density at radius 2 is 2.42 bits per heavy atom. The van der Waals surface area contributed by atoms with E-state index in [0.29, 0.717) is 5.69 Å². The highest BCUT2D eigenvalue weighted by atomic mass is 16.4. The number of oxime groups is 1. The van der Waals surface area contributed by atoms with Crippen LogP contribution in [0.25, 0.3) is 0 Å². The van der Waals surface area contributed by atoms with Crippen molar-refractivity contribution >= 4 is 5.71 Å². The molecule has 4 heteroatoms. The second-order valence-electron chi connectivity index (χ2n) is 2.28. The number of nitriles is 1. The van der Waals surface area contributed by atoms with Crippen LogP contribution in [0, 0.1) is 18.3 Å². The van der Waals surface area contributed by atoms with Crippen molar-refractivity contribution in [2.45, 2.75) is 6.92 Å². The standard InChI is InChI=1S/C8H7N3O/c1-6-2-3-7(10-5-6)8(4-9)11-12/h2-3,5,12H,1H3. The molecule has 1 heterocycles. The summed E-state index contributed by atoms with van der Waals surface area (Å²) < 4.78 is 0. The molecular formula is C8H7N3O. The molecule has 0 aromatic carbocycles. The molecule has 0 aliphatic heterocycles. The van der Waals surface area contributed by atoms with Crippen LogP contribution in [0.2, 0.25) is 0 Å². The molecule has 4 nitrogen and oxygen atoms in total. The fourth-order valence-corrected chi connectivity index (χ4v) is 0.739. The van der Waals surface area contributed by atoms with Crippen molar-refractivity contribution in [2.75, 3.05) is 0 Å². The van der Waals surface area contributed by atoms with Crippen molar-refractivity contribution in [3.63, 3.8) is 0 Å². The predicted octanol–water partition coefficient (Wildman–Crippen LogP) is 1.09. The van der Waals surface area contributed by atoms with Gasteiger partial charge in [-0.2, -0.15) is 5.26 Å². The van der Waals surface area contributed by atoms with Crippen molar-refractivity contribution in [3.8, 4) is 6.07 Å². The van der Waals surface area contributed by atoms with Gasteiger partial charge in [0.25, 0.3) is 0 Å². The summed E-state index contributed by atoms with van der Waals surface area (Å²) in [5, 5.41) is 19.6. The minimum Gasteiger partial charge on any atom is -0.410 e. The average Bonchev–Trinajstić information content (AvgIpc) is 2.10. The Kier molecular flexibility index (Phi) is 2.38. The topological polar surface area (TPSA) is 69.3 Å². The van der Waals surface area contributed by atoms with Gasteiger partial charge in [0.05, 0.1) is 0 Å². The summed E-state index contributed by atoms with van der Waals surface area (Å²) in [7, 11) is 0. The molecule has 12 heavy (non-hydrogen) atoms. The summed E-state index contributed by atoms with van der Waals surface area (Å²) in [6, 6.07) is 5.15. The Hall–Kier alpha value is -1.89. The van der Waals surface area contributed by atoms with E-state index in [4.69, 9.17) is 10.5 Å². The second kappa shape index (κ2) is 3.49. The summed E-state index contributed by atoms with van der Waals surface area (Å²) in [4.78, 5) is 3.91. The Morgan fingerprint density at radius 3 is 2.83 bits per heavy atom. The molecule has 0 aliphatic rings. The van der Waals surface area contributed by atoms with E-state index in [2.05, 4.69) is 10.1 Å². The van der Waals surface area contributed by atoms with Gasteiger partial charge in [-0.3, -0.25) is 4.98 Å². The lowest BCUT2D eigenvalue weighted by molar-refractivity contribution is 0.320. The Balaban J connectivity index is 3.06. The van der Waals surface area contributed by atoms with Crippen molar-refractivity contribution in [1.29, 1.82) is 5.26 Å². The van der Waals surface area contributed by atoms with Gasteiger partial charge in [0, 0.05) is 6.20 Å². The van der Waals surface area contributed by atoms with E-state index < -0.39 is 0 Å². The van der Waals surface area contributed by atoms with Crippen molar-refractivity contribution in [2.24, 2.45) is 5.16 Å². The maximum absolute atomic E-state index is 8.47. The minimum absolute atomic E-state index is 0.0741. The maximum Gasteiger partial charge on any atom is 0.205 e. The number of rotatable bonds is 1. The molecule has 0 radical (unpaired) electrons. The minimum atomic E-state index is -0.0741. The lowest BCUT2D eigenvalue weighted by atomic mass is 10.2. The second-order valence-corrected chi connectivity index (χ2v) is 2.28. The highest BCUT2D eigenvalue weighted by molar-refractivity contribution is 6.09. The van der Waals surface area contributed by atoms with Gasteiger partial charge in [-0.05, 0) is 18.6 Å². The molecule has 1 aromatic heterocycles. The molecule has 0 unspecified atom stereocenters. The van der Waals surface area contributed by atoms with E-state index in [-0.39, 0.29) is 5.71 Å². The SMILES string of the molecule is Cc1ccc(C(C#N)=NO)nc1. The van der Waals surface area contributed by atoms with Gasteiger partial charge in [-0.25, -0.2) is 0 Å². The first-order valence-corrected chi connectivity index (χ1v) is 3.33. The summed E-state index contributed by atoms with van der Waals surface area (Å²) in [6.45, 7) is 1.89. The molecule has 0 spiro atoms. The zero-order valence-electron chi connectivity index (χ0n) is 6.52. The van der Waals surface area contributed by atoms with Crippen LogP contribution >= 0.6 is 0 Å². The highest BCUT2D eigenvalue weighted by Gasteiger charge is 2.02. The van der Waals surface area contributed by atoms with Gasteiger partial charge in [-0.15, -0.1) is 0 Å². The van der Waals surface area contributed by atoms with Crippen LogP contribution in [-0.2, 0) is 0 Å².